The molecule has 1 amide bonds. The molecule has 0 saturated carbocycles. The molecular weight excluding hydrogens is 218 g/mol. The molecule has 0 spiro atoms. The van der Waals surface area contributed by atoms with E-state index >= 15 is 0 Å². The molecule has 0 radical (unpaired) electrons. The molecule has 17 heavy (non-hydrogen) atoms. The summed E-state index contributed by atoms with van der Waals surface area (Å²) in [5.41, 5.74) is 1.46. The summed E-state index contributed by atoms with van der Waals surface area (Å²) in [5.74, 6) is 0.581. The Morgan fingerprint density at radius 3 is 2.88 bits per heavy atom. The zero-order valence-electron chi connectivity index (χ0n) is 9.40. The van der Waals surface area contributed by atoms with Crippen LogP contribution in [0.2, 0.25) is 0 Å². The van der Waals surface area contributed by atoms with Gasteiger partial charge in [0, 0.05) is 31.5 Å². The predicted molar refractivity (Wildman–Crippen MR) is 63.5 cm³/mol. The SMILES string of the molecule is CNc1ccc(C(=O)NCc2cn[nH]c2)cn1. The number of nitrogens with zero attached hydrogens (tertiary/aromatic N) is 2. The van der Waals surface area contributed by atoms with E-state index in [9.17, 15) is 4.79 Å². The Labute approximate surface area is 98.5 Å². The minimum Gasteiger partial charge on any atom is -0.373 e. The summed E-state index contributed by atoms with van der Waals surface area (Å²) in [4.78, 5) is 15.8. The lowest BCUT2D eigenvalue weighted by Crippen LogP contribution is -2.22. The Balaban J connectivity index is 1.95. The number of H-pyrrole nitrogens is 1. The highest BCUT2D eigenvalue weighted by atomic mass is 16.1. The van der Waals surface area contributed by atoms with Crippen LogP contribution in [0.1, 0.15) is 15.9 Å². The maximum Gasteiger partial charge on any atom is 0.253 e. The molecule has 2 rings (SSSR count). The van der Waals surface area contributed by atoms with Gasteiger partial charge in [0.1, 0.15) is 5.82 Å². The minimum absolute atomic E-state index is 0.152. The molecule has 0 saturated heterocycles. The Kier molecular flexibility index (Phi) is 3.34. The van der Waals surface area contributed by atoms with E-state index in [0.717, 1.165) is 11.4 Å². The van der Waals surface area contributed by atoms with E-state index in [1.54, 1.807) is 31.6 Å². The van der Waals surface area contributed by atoms with Crippen molar-refractivity contribution in [2.45, 2.75) is 6.54 Å². The molecule has 3 N–H and O–H groups in total. The van der Waals surface area contributed by atoms with Crippen LogP contribution in [0, 0.1) is 0 Å². The quantitative estimate of drug-likeness (QED) is 0.726. The molecule has 2 aromatic rings. The van der Waals surface area contributed by atoms with Gasteiger partial charge in [-0.25, -0.2) is 4.98 Å². The van der Waals surface area contributed by atoms with E-state index < -0.39 is 0 Å². The van der Waals surface area contributed by atoms with Crippen LogP contribution in [0.4, 0.5) is 5.82 Å². The fourth-order valence-electron chi connectivity index (χ4n) is 1.33. The summed E-state index contributed by atoms with van der Waals surface area (Å²) in [6.45, 7) is 0.448. The highest BCUT2D eigenvalue weighted by molar-refractivity contribution is 5.93. The molecule has 6 nitrogen and oxygen atoms in total. The first-order valence-electron chi connectivity index (χ1n) is 5.19. The van der Waals surface area contributed by atoms with Crippen molar-refractivity contribution in [2.75, 3.05) is 12.4 Å². The van der Waals surface area contributed by atoms with Crippen LogP contribution in [0.3, 0.4) is 0 Å². The summed E-state index contributed by atoms with van der Waals surface area (Å²) >= 11 is 0. The van der Waals surface area contributed by atoms with Crippen LogP contribution >= 0.6 is 0 Å². The number of pyridine rings is 1. The fraction of sp³-hybridized carbons (Fsp3) is 0.182. The Hall–Kier alpha value is -2.37. The average molecular weight is 231 g/mol. The van der Waals surface area contributed by atoms with Gasteiger partial charge in [-0.15, -0.1) is 0 Å². The maximum atomic E-state index is 11.7. The van der Waals surface area contributed by atoms with Crippen LogP contribution in [-0.4, -0.2) is 28.1 Å². The van der Waals surface area contributed by atoms with Crippen molar-refractivity contribution in [1.29, 1.82) is 0 Å². The number of rotatable bonds is 4. The molecule has 0 aliphatic carbocycles. The smallest absolute Gasteiger partial charge is 0.253 e. The molecule has 0 aliphatic rings. The van der Waals surface area contributed by atoms with Gasteiger partial charge < -0.3 is 10.6 Å². The molecule has 0 atom stereocenters. The van der Waals surface area contributed by atoms with Crippen molar-refractivity contribution in [2.24, 2.45) is 0 Å². The van der Waals surface area contributed by atoms with Gasteiger partial charge in [-0.3, -0.25) is 9.89 Å². The zero-order chi connectivity index (χ0) is 12.1. The lowest BCUT2D eigenvalue weighted by molar-refractivity contribution is 0.0950. The lowest BCUT2D eigenvalue weighted by Gasteiger charge is -2.04. The standard InChI is InChI=1S/C11H13N5O/c1-12-10-3-2-9(7-13-10)11(17)14-4-8-5-15-16-6-8/h2-3,5-7H,4H2,1H3,(H,12,13)(H,14,17)(H,15,16). The zero-order valence-corrected chi connectivity index (χ0v) is 9.40. The summed E-state index contributed by atoms with van der Waals surface area (Å²) in [5, 5.41) is 12.2. The van der Waals surface area contributed by atoms with Crippen LogP contribution in [-0.2, 0) is 6.54 Å². The first-order chi connectivity index (χ1) is 8.29. The Morgan fingerprint density at radius 1 is 1.41 bits per heavy atom. The lowest BCUT2D eigenvalue weighted by atomic mass is 10.2. The number of carbonyl (C=O) groups excluding carboxylic acids is 1. The third-order valence-electron chi connectivity index (χ3n) is 2.29. The molecule has 0 fully saturated rings. The van der Waals surface area contributed by atoms with E-state index in [1.807, 2.05) is 0 Å². The summed E-state index contributed by atoms with van der Waals surface area (Å²) in [6, 6.07) is 3.48. The van der Waals surface area contributed by atoms with Gasteiger partial charge in [0.2, 0.25) is 0 Å². The topological polar surface area (TPSA) is 82.7 Å². The number of nitrogens with one attached hydrogen (secondary N) is 3. The number of aromatic amines is 1. The van der Waals surface area contributed by atoms with Gasteiger partial charge in [0.25, 0.3) is 5.91 Å². The molecule has 0 aliphatic heterocycles. The first kappa shape index (κ1) is 11.1. The van der Waals surface area contributed by atoms with Crippen LogP contribution < -0.4 is 10.6 Å². The third kappa shape index (κ3) is 2.81. The number of hydrogen-bond acceptors (Lipinski definition) is 4. The van der Waals surface area contributed by atoms with Gasteiger partial charge in [-0.2, -0.15) is 5.10 Å². The number of hydrogen-bond donors (Lipinski definition) is 3. The van der Waals surface area contributed by atoms with Crippen molar-refractivity contribution in [3.8, 4) is 0 Å². The highest BCUT2D eigenvalue weighted by Gasteiger charge is 2.05. The molecule has 0 aromatic carbocycles. The van der Waals surface area contributed by atoms with Crippen LogP contribution in [0.5, 0.6) is 0 Å². The molecular formula is C11H13N5O. The maximum absolute atomic E-state index is 11.7. The molecule has 2 aromatic heterocycles. The van der Waals surface area contributed by atoms with Crippen molar-refractivity contribution in [3.63, 3.8) is 0 Å². The molecule has 2 heterocycles. The predicted octanol–water partition coefficient (Wildman–Crippen LogP) is 0.776. The molecule has 0 unspecified atom stereocenters. The molecule has 0 bridgehead atoms. The van der Waals surface area contributed by atoms with Crippen molar-refractivity contribution < 1.29 is 4.79 Å². The van der Waals surface area contributed by atoms with Gasteiger partial charge in [-0.1, -0.05) is 0 Å². The van der Waals surface area contributed by atoms with Crippen LogP contribution in [0.15, 0.2) is 30.7 Å². The van der Waals surface area contributed by atoms with E-state index in [-0.39, 0.29) is 5.91 Å². The van der Waals surface area contributed by atoms with Crippen molar-refractivity contribution >= 4 is 11.7 Å². The second kappa shape index (κ2) is 5.11. The van der Waals surface area contributed by atoms with Gasteiger partial charge in [-0.05, 0) is 12.1 Å². The van der Waals surface area contributed by atoms with Gasteiger partial charge in [0.15, 0.2) is 0 Å². The minimum atomic E-state index is -0.152. The average Bonchev–Trinajstić information content (AvgIpc) is 2.89. The second-order valence-electron chi connectivity index (χ2n) is 3.47. The number of aromatic nitrogens is 3. The number of anilines is 1. The van der Waals surface area contributed by atoms with Gasteiger partial charge >= 0.3 is 0 Å². The largest absolute Gasteiger partial charge is 0.373 e. The number of amides is 1. The van der Waals surface area contributed by atoms with Crippen molar-refractivity contribution in [1.82, 2.24) is 20.5 Å². The monoisotopic (exact) mass is 231 g/mol. The van der Waals surface area contributed by atoms with E-state index in [1.165, 1.54) is 6.20 Å². The highest BCUT2D eigenvalue weighted by Crippen LogP contribution is 2.04. The second-order valence-corrected chi connectivity index (χ2v) is 3.47. The van der Waals surface area contributed by atoms with Gasteiger partial charge in [0.05, 0.1) is 11.8 Å². The van der Waals surface area contributed by atoms with Crippen LogP contribution in [0.25, 0.3) is 0 Å². The van der Waals surface area contributed by atoms with E-state index in [0.29, 0.717) is 12.1 Å². The normalized spacial score (nSPS) is 9.94. The van der Waals surface area contributed by atoms with E-state index in [4.69, 9.17) is 0 Å². The Morgan fingerprint density at radius 2 is 2.29 bits per heavy atom. The molecule has 6 heteroatoms. The number of carbonyl (C=O) groups is 1. The fourth-order valence-corrected chi connectivity index (χ4v) is 1.33. The summed E-state index contributed by atoms with van der Waals surface area (Å²) in [7, 11) is 1.78. The summed E-state index contributed by atoms with van der Waals surface area (Å²) in [6.07, 6.45) is 4.95. The summed E-state index contributed by atoms with van der Waals surface area (Å²) < 4.78 is 0. The van der Waals surface area contributed by atoms with E-state index in [2.05, 4.69) is 25.8 Å². The van der Waals surface area contributed by atoms with Crippen molar-refractivity contribution in [3.05, 3.63) is 41.9 Å². The molecule has 88 valence electrons. The Bertz CT molecular complexity index is 477. The first-order valence-corrected chi connectivity index (χ1v) is 5.19. The third-order valence-corrected chi connectivity index (χ3v) is 2.29.